The van der Waals surface area contributed by atoms with E-state index in [4.69, 9.17) is 0 Å². The molecule has 0 unspecified atom stereocenters. The van der Waals surface area contributed by atoms with Gasteiger partial charge in [-0.25, -0.2) is 0 Å². The summed E-state index contributed by atoms with van der Waals surface area (Å²) in [5.74, 6) is -1.62. The van der Waals surface area contributed by atoms with Crippen LogP contribution in [0.5, 0.6) is 0 Å². The molecule has 7 rings (SSSR count). The normalized spacial score (nSPS) is 16.2. The predicted molar refractivity (Wildman–Crippen MR) is 309 cm³/mol. The van der Waals surface area contributed by atoms with E-state index in [0.717, 1.165) is 17.7 Å². The summed E-state index contributed by atoms with van der Waals surface area (Å²) in [5.41, 5.74) is 1.93. The minimum atomic E-state index is -5.12. The first kappa shape index (κ1) is 67.1. The first-order valence-electron chi connectivity index (χ1n) is 25.0. The van der Waals surface area contributed by atoms with Crippen LogP contribution >= 0.6 is 0 Å². The molecule has 23 nitrogen and oxygen atoms in total. The summed E-state index contributed by atoms with van der Waals surface area (Å²) >= 11 is 0. The van der Waals surface area contributed by atoms with E-state index in [1.54, 1.807) is 68.4 Å². The zero-order valence-electron chi connectivity index (χ0n) is 46.9. The number of carbonyl (C=O) groups is 1. The summed E-state index contributed by atoms with van der Waals surface area (Å²) < 4.78 is 212. The van der Waals surface area contributed by atoms with Crippen LogP contribution < -0.4 is 45.1 Å². The molecule has 8 N–H and O–H groups in total. The molecule has 0 radical (unpaired) electrons. The van der Waals surface area contributed by atoms with Gasteiger partial charge in [0, 0.05) is 76.9 Å². The number of fused-ring (bicyclic) bond motifs is 6. The van der Waals surface area contributed by atoms with Crippen LogP contribution in [0.2, 0.25) is 0 Å². The molecule has 83 heavy (non-hydrogen) atoms. The number of hydrogen-bond donors (Lipinski definition) is 8. The van der Waals surface area contributed by atoms with E-state index >= 15 is 0 Å². The Hall–Kier alpha value is -5.06. The number of anilines is 1. The maximum absolute atomic E-state index is 12.8. The maximum Gasteiger partial charge on any atom is 1.00 e. The summed E-state index contributed by atoms with van der Waals surface area (Å²) in [5, 5.41) is 5.86. The van der Waals surface area contributed by atoms with Gasteiger partial charge in [0.25, 0.3) is 60.7 Å². The number of hydrogen-bond acceptors (Lipinski definition) is 15. The topological polar surface area (TPSA) is 374 Å². The summed E-state index contributed by atoms with van der Waals surface area (Å²) in [7, 11) is -29.4. The van der Waals surface area contributed by atoms with Gasteiger partial charge in [0.1, 0.15) is 16.3 Å². The van der Waals surface area contributed by atoms with Gasteiger partial charge in [-0.1, -0.05) is 56.8 Å². The van der Waals surface area contributed by atoms with Crippen LogP contribution in [0.4, 0.5) is 11.4 Å². The minimum absolute atomic E-state index is 0. The molecule has 5 aromatic carbocycles. The third-order valence-corrected chi connectivity index (χ3v) is 19.2. The van der Waals surface area contributed by atoms with Gasteiger partial charge in [0.15, 0.2) is 5.71 Å². The van der Waals surface area contributed by atoms with Crippen LogP contribution in [0.3, 0.4) is 0 Å². The molecule has 2 aliphatic heterocycles. The molecule has 0 saturated carbocycles. The molecular weight excluding hydrogens is 1210 g/mol. The maximum atomic E-state index is 12.8. The van der Waals surface area contributed by atoms with E-state index in [2.05, 4.69) is 17.2 Å². The second kappa shape index (κ2) is 24.7. The van der Waals surface area contributed by atoms with Crippen molar-refractivity contribution in [1.82, 2.24) is 10.6 Å². The Morgan fingerprint density at radius 2 is 1.18 bits per heavy atom. The Morgan fingerprint density at radius 1 is 0.651 bits per heavy atom. The minimum Gasteiger partial charge on any atom is -1.00 e. The van der Waals surface area contributed by atoms with Crippen molar-refractivity contribution in [2.45, 2.75) is 90.8 Å². The van der Waals surface area contributed by atoms with E-state index < -0.39 is 103 Å². The number of allylic oxidation sites excluding steroid dienone is 6. The smallest absolute Gasteiger partial charge is 1.00 e. The van der Waals surface area contributed by atoms with Crippen molar-refractivity contribution >= 4 is 111 Å². The number of nitrogens with one attached hydrogen (secondary N) is 2. The standard InChI is InChI=1S/C53H60N4O19S6.Na.H/c1-33(2)51(58)55-23-7-22-54-32-34-10-12-35(13-11-34)36(14-20-47-52(3,4)49-41-28-37(79(65,66)67)30-45(81(71,72)73)39(41)16-18-43(49)56(47)24-8-26-77(59,60)61)15-21-48-53(5,6)50-42-29-38(80(68,69)70)31-46(82(74,75)76)40(42)17-19-44(50)57(48)25-9-27-78(62,63)64;;/h10-21,28-31,54H,1,7-9,22-27,32H2,2-6H3,(H6-,55,58,59,60,61,62,63,64,65,66,67,68,69,70,71,72,73,74,75,76);;/q;+1;-1/p+1. The molecule has 0 bridgehead atoms. The van der Waals surface area contributed by atoms with E-state index in [-0.39, 0.29) is 84.4 Å². The first-order chi connectivity index (χ1) is 37.7. The molecule has 2 aliphatic rings. The number of nitrogens with zero attached hydrogens (tertiary/aromatic N) is 2. The van der Waals surface area contributed by atoms with E-state index in [9.17, 15) is 82.6 Å². The quantitative estimate of drug-likeness (QED) is 0.0116. The molecular formula is C53H62N4NaO19S6+. The fourth-order valence-electron chi connectivity index (χ4n) is 10.5. The molecule has 0 fully saturated rings. The molecule has 30 heteroatoms. The Kier molecular flexibility index (Phi) is 20.0. The number of carbonyl (C=O) groups excluding carboxylic acids is 1. The Morgan fingerprint density at radius 3 is 1.70 bits per heavy atom. The van der Waals surface area contributed by atoms with Crippen molar-refractivity contribution in [2.24, 2.45) is 0 Å². The van der Waals surface area contributed by atoms with Crippen molar-refractivity contribution in [3.63, 3.8) is 0 Å². The molecule has 0 saturated heterocycles. The summed E-state index contributed by atoms with van der Waals surface area (Å²) in [6, 6.07) is 16.3. The fraction of sp³-hybridized carbons (Fsp3) is 0.321. The number of rotatable bonds is 23. The third kappa shape index (κ3) is 15.3. The largest absolute Gasteiger partial charge is 1.00 e. The fourth-order valence-corrected chi connectivity index (χ4v) is 14.2. The first-order valence-corrected chi connectivity index (χ1v) is 34.0. The van der Waals surface area contributed by atoms with Crippen LogP contribution in [0.15, 0.2) is 135 Å². The van der Waals surface area contributed by atoms with Crippen molar-refractivity contribution in [2.75, 3.05) is 42.6 Å². The van der Waals surface area contributed by atoms with Crippen molar-refractivity contribution in [3.05, 3.63) is 137 Å². The summed E-state index contributed by atoms with van der Waals surface area (Å²) in [6.07, 6.45) is 7.05. The molecule has 0 spiro atoms. The molecule has 1 amide bonds. The monoisotopic (exact) mass is 1270 g/mol. The SMILES string of the molecule is C=C(C)C(=O)NCCCNCc1ccc(C(C=CC2=[N+](CCCS(=O)(=O)O)c3ccc4c(S(=O)(=O)O)cc(S(=O)(=O)O)cc4c3C2(C)C)=CC=C2N(CCCS(=O)(=O)O)c3ccc4c(S(=O)(=O)O)cc(S(=O)(=O)O)cc4c3C2(C)C)cc1.[H-].[Na+]. The zero-order valence-corrected chi connectivity index (χ0v) is 52.7. The summed E-state index contributed by atoms with van der Waals surface area (Å²) in [6.45, 7) is 13.3. The van der Waals surface area contributed by atoms with Crippen molar-refractivity contribution in [3.8, 4) is 0 Å². The van der Waals surface area contributed by atoms with Gasteiger partial charge in [-0.05, 0) is 122 Å². The molecule has 0 aliphatic carbocycles. The third-order valence-electron chi connectivity index (χ3n) is 14.2. The zero-order chi connectivity index (χ0) is 60.9. The molecule has 0 atom stereocenters. The number of benzene rings is 5. The van der Waals surface area contributed by atoms with Crippen LogP contribution in [0, 0.1) is 0 Å². The van der Waals surface area contributed by atoms with Gasteiger partial charge >= 0.3 is 29.6 Å². The Labute approximate surface area is 506 Å². The van der Waals surface area contributed by atoms with Crippen LogP contribution in [0.25, 0.3) is 27.1 Å². The van der Waals surface area contributed by atoms with Gasteiger partial charge < -0.3 is 17.0 Å². The van der Waals surface area contributed by atoms with Gasteiger partial charge in [0.2, 0.25) is 11.6 Å². The number of amides is 1. The second-order valence-electron chi connectivity index (χ2n) is 20.8. The van der Waals surface area contributed by atoms with Gasteiger partial charge in [-0.2, -0.15) is 55.1 Å². The van der Waals surface area contributed by atoms with E-state index in [1.165, 1.54) is 24.3 Å². The van der Waals surface area contributed by atoms with Crippen LogP contribution in [-0.4, -0.2) is 132 Å². The molecule has 0 aromatic heterocycles. The van der Waals surface area contributed by atoms with Gasteiger partial charge in [0.05, 0.1) is 26.7 Å². The van der Waals surface area contributed by atoms with E-state index in [0.29, 0.717) is 88.8 Å². The second-order valence-corrected chi connectivity index (χ2v) is 29.6. The predicted octanol–water partition coefficient (Wildman–Crippen LogP) is 3.52. The van der Waals surface area contributed by atoms with Crippen LogP contribution in [-0.2, 0) is 82.9 Å². The van der Waals surface area contributed by atoms with Crippen molar-refractivity contribution < 1.29 is 118 Å². The Balaban J connectivity index is 0.00000645. The van der Waals surface area contributed by atoms with E-state index in [1.807, 2.05) is 24.3 Å². The summed E-state index contributed by atoms with van der Waals surface area (Å²) in [4.78, 5) is 10.3. The molecule has 5 aromatic rings. The molecule has 2 heterocycles. The van der Waals surface area contributed by atoms with Gasteiger partial charge in [-0.3, -0.25) is 32.1 Å². The average Bonchev–Trinajstić information content (AvgIpc) is 2.98. The van der Waals surface area contributed by atoms with Gasteiger partial charge in [-0.15, -0.1) is 0 Å². The average molecular weight is 1270 g/mol. The van der Waals surface area contributed by atoms with Crippen LogP contribution in [0.1, 0.15) is 77.6 Å². The Bertz CT molecular complexity index is 4340. The van der Waals surface area contributed by atoms with Crippen molar-refractivity contribution in [1.29, 1.82) is 0 Å². The molecule has 444 valence electrons.